The summed E-state index contributed by atoms with van der Waals surface area (Å²) >= 11 is 3.49. The van der Waals surface area contributed by atoms with Crippen LogP contribution in [0.25, 0.3) is 0 Å². The Morgan fingerprint density at radius 3 is 2.26 bits per heavy atom. The number of hydrogen-bond donors (Lipinski definition) is 1. The Kier molecular flexibility index (Phi) is 6.51. The number of ether oxygens (including phenoxy) is 1. The summed E-state index contributed by atoms with van der Waals surface area (Å²) in [5, 5.41) is 3.61. The Morgan fingerprint density at radius 1 is 1.21 bits per heavy atom. The molecule has 1 N–H and O–H groups in total. The molecule has 0 aromatic heterocycles. The Labute approximate surface area is 126 Å². The molecule has 0 saturated carbocycles. The van der Waals surface area contributed by atoms with Crippen molar-refractivity contribution in [3.8, 4) is 0 Å². The van der Waals surface area contributed by atoms with Gasteiger partial charge in [-0.15, -0.1) is 0 Å². The van der Waals surface area contributed by atoms with Crippen LogP contribution in [0.1, 0.15) is 39.2 Å². The van der Waals surface area contributed by atoms with Gasteiger partial charge in [0.2, 0.25) is 0 Å². The third-order valence-corrected chi connectivity index (χ3v) is 3.80. The predicted octanol–water partition coefficient (Wildman–Crippen LogP) is 4.20. The zero-order chi connectivity index (χ0) is 14.5. The molecular formula is C16H26BrNO. The second kappa shape index (κ2) is 7.41. The SMILES string of the molecule is COCC(C)C(CNC(C)(C)C)c1ccc(Br)cc1. The quantitative estimate of drug-likeness (QED) is 0.845. The van der Waals surface area contributed by atoms with Crippen LogP contribution in [0.2, 0.25) is 0 Å². The lowest BCUT2D eigenvalue weighted by atomic mass is 9.87. The molecule has 0 aliphatic carbocycles. The number of methoxy groups -OCH3 is 1. The predicted molar refractivity (Wildman–Crippen MR) is 85.7 cm³/mol. The van der Waals surface area contributed by atoms with Gasteiger partial charge >= 0.3 is 0 Å². The van der Waals surface area contributed by atoms with Crippen molar-refractivity contribution in [2.45, 2.75) is 39.2 Å². The summed E-state index contributed by atoms with van der Waals surface area (Å²) in [5.74, 6) is 0.952. The minimum Gasteiger partial charge on any atom is -0.384 e. The second-order valence-electron chi connectivity index (χ2n) is 6.22. The molecule has 19 heavy (non-hydrogen) atoms. The molecule has 0 bridgehead atoms. The van der Waals surface area contributed by atoms with Crippen molar-refractivity contribution in [3.05, 3.63) is 34.3 Å². The van der Waals surface area contributed by atoms with Crippen molar-refractivity contribution in [2.24, 2.45) is 5.92 Å². The largest absolute Gasteiger partial charge is 0.384 e. The zero-order valence-corrected chi connectivity index (χ0v) is 14.3. The fraction of sp³-hybridized carbons (Fsp3) is 0.625. The lowest BCUT2D eigenvalue weighted by Gasteiger charge is -2.29. The normalized spacial score (nSPS) is 15.3. The van der Waals surface area contributed by atoms with E-state index < -0.39 is 0 Å². The van der Waals surface area contributed by atoms with E-state index in [0.717, 1.165) is 17.6 Å². The standard InChI is InChI=1S/C16H26BrNO/c1-12(11-19-5)15(10-18-16(2,3)4)13-6-8-14(17)9-7-13/h6-9,12,15,18H,10-11H2,1-5H3. The topological polar surface area (TPSA) is 21.3 Å². The molecule has 0 radical (unpaired) electrons. The van der Waals surface area contributed by atoms with E-state index in [1.807, 2.05) is 0 Å². The summed E-state index contributed by atoms with van der Waals surface area (Å²) in [5.41, 5.74) is 1.50. The van der Waals surface area contributed by atoms with E-state index in [4.69, 9.17) is 4.74 Å². The molecule has 0 aliphatic rings. The molecule has 0 spiro atoms. The number of nitrogens with one attached hydrogen (secondary N) is 1. The first-order valence-corrected chi connectivity index (χ1v) is 7.62. The molecule has 0 fully saturated rings. The van der Waals surface area contributed by atoms with E-state index in [1.54, 1.807) is 7.11 Å². The highest BCUT2D eigenvalue weighted by atomic mass is 79.9. The van der Waals surface area contributed by atoms with Crippen LogP contribution in [0.3, 0.4) is 0 Å². The van der Waals surface area contributed by atoms with Gasteiger partial charge < -0.3 is 10.1 Å². The molecule has 0 aliphatic heterocycles. The average Bonchev–Trinajstić information content (AvgIpc) is 2.30. The first-order chi connectivity index (χ1) is 8.83. The smallest absolute Gasteiger partial charge is 0.0494 e. The molecule has 1 aromatic rings. The van der Waals surface area contributed by atoms with Crippen molar-refractivity contribution in [2.75, 3.05) is 20.3 Å². The summed E-state index contributed by atoms with van der Waals surface area (Å²) in [6.45, 7) is 10.6. The van der Waals surface area contributed by atoms with Gasteiger partial charge in [-0.25, -0.2) is 0 Å². The van der Waals surface area contributed by atoms with Crippen molar-refractivity contribution in [3.63, 3.8) is 0 Å². The third kappa shape index (κ3) is 6.07. The summed E-state index contributed by atoms with van der Waals surface area (Å²) in [6.07, 6.45) is 0. The molecule has 0 saturated heterocycles. The minimum atomic E-state index is 0.139. The lowest BCUT2D eigenvalue weighted by Crippen LogP contribution is -2.40. The van der Waals surface area contributed by atoms with Gasteiger partial charge in [-0.3, -0.25) is 0 Å². The zero-order valence-electron chi connectivity index (χ0n) is 12.7. The number of hydrogen-bond acceptors (Lipinski definition) is 2. The van der Waals surface area contributed by atoms with Crippen LogP contribution in [0, 0.1) is 5.92 Å². The molecule has 1 rings (SSSR count). The summed E-state index contributed by atoms with van der Waals surface area (Å²) in [6, 6.07) is 8.62. The maximum Gasteiger partial charge on any atom is 0.0494 e. The molecule has 3 heteroatoms. The fourth-order valence-corrected chi connectivity index (χ4v) is 2.42. The summed E-state index contributed by atoms with van der Waals surface area (Å²) in [4.78, 5) is 0. The van der Waals surface area contributed by atoms with E-state index in [-0.39, 0.29) is 5.54 Å². The number of halogens is 1. The first kappa shape index (κ1) is 16.7. The van der Waals surface area contributed by atoms with Crippen LogP contribution >= 0.6 is 15.9 Å². The van der Waals surface area contributed by atoms with Crippen LogP contribution in [-0.2, 0) is 4.74 Å². The lowest BCUT2D eigenvalue weighted by molar-refractivity contribution is 0.144. The van der Waals surface area contributed by atoms with Gasteiger partial charge in [-0.05, 0) is 44.4 Å². The molecule has 0 amide bonds. The van der Waals surface area contributed by atoms with E-state index in [1.165, 1.54) is 5.56 Å². The van der Waals surface area contributed by atoms with Gasteiger partial charge in [0.25, 0.3) is 0 Å². The maximum absolute atomic E-state index is 5.32. The Morgan fingerprint density at radius 2 is 1.79 bits per heavy atom. The number of benzene rings is 1. The third-order valence-electron chi connectivity index (χ3n) is 3.27. The first-order valence-electron chi connectivity index (χ1n) is 6.83. The van der Waals surface area contributed by atoms with E-state index in [2.05, 4.69) is 73.2 Å². The van der Waals surface area contributed by atoms with Crippen LogP contribution < -0.4 is 5.32 Å². The maximum atomic E-state index is 5.32. The van der Waals surface area contributed by atoms with Gasteiger partial charge in [0, 0.05) is 36.2 Å². The highest BCUT2D eigenvalue weighted by molar-refractivity contribution is 9.10. The van der Waals surface area contributed by atoms with Crippen molar-refractivity contribution in [1.82, 2.24) is 5.32 Å². The minimum absolute atomic E-state index is 0.139. The van der Waals surface area contributed by atoms with Crippen LogP contribution in [-0.4, -0.2) is 25.8 Å². The molecule has 2 atom stereocenters. The molecule has 1 aromatic carbocycles. The molecular weight excluding hydrogens is 302 g/mol. The summed E-state index contributed by atoms with van der Waals surface area (Å²) in [7, 11) is 1.77. The fourth-order valence-electron chi connectivity index (χ4n) is 2.15. The van der Waals surface area contributed by atoms with Gasteiger partial charge in [-0.2, -0.15) is 0 Å². The van der Waals surface area contributed by atoms with Gasteiger partial charge in [0.05, 0.1) is 0 Å². The Hall–Kier alpha value is -0.380. The molecule has 2 unspecified atom stereocenters. The highest BCUT2D eigenvalue weighted by Gasteiger charge is 2.21. The van der Waals surface area contributed by atoms with E-state index >= 15 is 0 Å². The monoisotopic (exact) mass is 327 g/mol. The molecule has 2 nitrogen and oxygen atoms in total. The van der Waals surface area contributed by atoms with Crippen molar-refractivity contribution < 1.29 is 4.74 Å². The number of rotatable bonds is 6. The van der Waals surface area contributed by atoms with E-state index in [0.29, 0.717) is 11.8 Å². The highest BCUT2D eigenvalue weighted by Crippen LogP contribution is 2.26. The second-order valence-corrected chi connectivity index (χ2v) is 7.14. The van der Waals surface area contributed by atoms with Gasteiger partial charge in [0.1, 0.15) is 0 Å². The summed E-state index contributed by atoms with van der Waals surface area (Å²) < 4.78 is 6.45. The van der Waals surface area contributed by atoms with Gasteiger partial charge in [-0.1, -0.05) is 35.0 Å². The van der Waals surface area contributed by atoms with Crippen LogP contribution in [0.4, 0.5) is 0 Å². The van der Waals surface area contributed by atoms with Crippen LogP contribution in [0.5, 0.6) is 0 Å². The Balaban J connectivity index is 2.82. The van der Waals surface area contributed by atoms with Crippen molar-refractivity contribution >= 4 is 15.9 Å². The van der Waals surface area contributed by atoms with E-state index in [9.17, 15) is 0 Å². The van der Waals surface area contributed by atoms with Crippen molar-refractivity contribution in [1.29, 1.82) is 0 Å². The molecule has 108 valence electrons. The van der Waals surface area contributed by atoms with Crippen LogP contribution in [0.15, 0.2) is 28.7 Å². The average molecular weight is 328 g/mol. The molecule has 0 heterocycles. The van der Waals surface area contributed by atoms with Gasteiger partial charge in [0.15, 0.2) is 0 Å². The Bertz CT molecular complexity index is 369.